The number of carbonyl (C=O) groups is 1. The van der Waals surface area contributed by atoms with Gasteiger partial charge in [0.25, 0.3) is 0 Å². The summed E-state index contributed by atoms with van der Waals surface area (Å²) in [5.41, 5.74) is 6.18. The van der Waals surface area contributed by atoms with E-state index in [1.807, 2.05) is 11.4 Å². The highest BCUT2D eigenvalue weighted by Gasteiger charge is 2.35. The predicted octanol–water partition coefficient (Wildman–Crippen LogP) is 1.81. The van der Waals surface area contributed by atoms with Crippen LogP contribution >= 0.6 is 11.3 Å². The van der Waals surface area contributed by atoms with Crippen LogP contribution < -0.4 is 11.1 Å². The lowest BCUT2D eigenvalue weighted by molar-refractivity contribution is 0.100. The molecule has 4 nitrogen and oxygen atoms in total. The number of nitrogens with one attached hydrogen (secondary N) is 1. The standard InChI is InChI=1S/C14H23N3OS/c1-17(2)14(5-3-4-6-14)10-16-8-12-7-11(9-19-12)13(15)18/h7,9,16H,3-6,8,10H2,1-2H3,(H2,15,18). The number of nitrogens with two attached hydrogens (primary N) is 1. The van der Waals surface area contributed by atoms with Gasteiger partial charge in [-0.15, -0.1) is 11.3 Å². The molecule has 1 fully saturated rings. The molecule has 0 atom stereocenters. The third-order valence-electron chi connectivity index (χ3n) is 4.17. The second kappa shape index (κ2) is 6.03. The van der Waals surface area contributed by atoms with E-state index in [9.17, 15) is 4.79 Å². The molecule has 0 saturated heterocycles. The summed E-state index contributed by atoms with van der Waals surface area (Å²) < 4.78 is 0. The third-order valence-corrected chi connectivity index (χ3v) is 5.11. The number of thiophene rings is 1. The summed E-state index contributed by atoms with van der Waals surface area (Å²) in [6, 6.07) is 1.89. The number of likely N-dealkylation sites (N-methyl/N-ethyl adjacent to an activating group) is 1. The quantitative estimate of drug-likeness (QED) is 0.836. The van der Waals surface area contributed by atoms with Crippen molar-refractivity contribution >= 4 is 17.2 Å². The molecule has 0 spiro atoms. The first-order valence-corrected chi connectivity index (χ1v) is 7.67. The Morgan fingerprint density at radius 2 is 2.16 bits per heavy atom. The van der Waals surface area contributed by atoms with Crippen molar-refractivity contribution in [1.82, 2.24) is 10.2 Å². The minimum absolute atomic E-state index is 0.309. The minimum atomic E-state index is -0.344. The normalized spacial score (nSPS) is 18.1. The van der Waals surface area contributed by atoms with Crippen LogP contribution in [-0.2, 0) is 6.54 Å². The number of hydrogen-bond donors (Lipinski definition) is 2. The first-order valence-electron chi connectivity index (χ1n) is 6.79. The number of amides is 1. The van der Waals surface area contributed by atoms with E-state index in [0.717, 1.165) is 13.1 Å². The van der Waals surface area contributed by atoms with Gasteiger partial charge in [-0.1, -0.05) is 12.8 Å². The van der Waals surface area contributed by atoms with E-state index in [1.165, 1.54) is 30.6 Å². The molecule has 1 aromatic heterocycles. The van der Waals surface area contributed by atoms with E-state index in [0.29, 0.717) is 11.1 Å². The Morgan fingerprint density at radius 3 is 2.68 bits per heavy atom. The van der Waals surface area contributed by atoms with Crippen molar-refractivity contribution in [3.05, 3.63) is 21.9 Å². The van der Waals surface area contributed by atoms with Gasteiger partial charge in [0.2, 0.25) is 5.91 Å². The van der Waals surface area contributed by atoms with Crippen LogP contribution in [0.5, 0.6) is 0 Å². The zero-order valence-corrected chi connectivity index (χ0v) is 12.6. The van der Waals surface area contributed by atoms with E-state index in [4.69, 9.17) is 5.73 Å². The maximum Gasteiger partial charge on any atom is 0.249 e. The number of primary amides is 1. The number of hydrogen-bond acceptors (Lipinski definition) is 4. The van der Waals surface area contributed by atoms with Gasteiger partial charge in [0.05, 0.1) is 5.56 Å². The first kappa shape index (κ1) is 14.5. The van der Waals surface area contributed by atoms with Crippen LogP contribution in [0.25, 0.3) is 0 Å². The molecule has 1 aliphatic carbocycles. The highest BCUT2D eigenvalue weighted by molar-refractivity contribution is 7.10. The van der Waals surface area contributed by atoms with E-state index in [1.54, 1.807) is 11.3 Å². The summed E-state index contributed by atoms with van der Waals surface area (Å²) in [6.45, 7) is 1.82. The topological polar surface area (TPSA) is 58.4 Å². The van der Waals surface area contributed by atoms with E-state index < -0.39 is 0 Å². The molecule has 1 amide bonds. The maximum atomic E-state index is 11.0. The Labute approximate surface area is 119 Å². The highest BCUT2D eigenvalue weighted by Crippen LogP contribution is 2.33. The van der Waals surface area contributed by atoms with Gasteiger partial charge in [-0.05, 0) is 33.0 Å². The molecule has 5 heteroatoms. The van der Waals surface area contributed by atoms with Crippen LogP contribution in [0.3, 0.4) is 0 Å². The highest BCUT2D eigenvalue weighted by atomic mass is 32.1. The molecule has 0 aromatic carbocycles. The Balaban J connectivity index is 1.86. The molecule has 0 unspecified atom stereocenters. The van der Waals surface area contributed by atoms with Gasteiger partial charge < -0.3 is 16.0 Å². The van der Waals surface area contributed by atoms with Gasteiger partial charge in [0.1, 0.15) is 0 Å². The van der Waals surface area contributed by atoms with E-state index in [-0.39, 0.29) is 5.91 Å². The lowest BCUT2D eigenvalue weighted by atomic mass is 9.96. The summed E-state index contributed by atoms with van der Waals surface area (Å²) in [6.07, 6.45) is 5.18. The van der Waals surface area contributed by atoms with Crippen molar-refractivity contribution in [3.63, 3.8) is 0 Å². The molecule has 106 valence electrons. The first-order chi connectivity index (χ1) is 9.03. The average molecular weight is 281 g/mol. The number of carbonyl (C=O) groups excluding carboxylic acids is 1. The zero-order valence-electron chi connectivity index (χ0n) is 11.7. The van der Waals surface area contributed by atoms with E-state index >= 15 is 0 Å². The van der Waals surface area contributed by atoms with Crippen LogP contribution in [-0.4, -0.2) is 37.0 Å². The fourth-order valence-electron chi connectivity index (χ4n) is 2.84. The van der Waals surface area contributed by atoms with Crippen molar-refractivity contribution in [2.24, 2.45) is 5.73 Å². The molecular formula is C14H23N3OS. The summed E-state index contributed by atoms with van der Waals surface area (Å²) in [5.74, 6) is -0.344. The molecular weight excluding hydrogens is 258 g/mol. The van der Waals surface area contributed by atoms with Gasteiger partial charge in [-0.2, -0.15) is 0 Å². The van der Waals surface area contributed by atoms with Crippen molar-refractivity contribution in [3.8, 4) is 0 Å². The minimum Gasteiger partial charge on any atom is -0.366 e. The van der Waals surface area contributed by atoms with Crippen LogP contribution in [0.15, 0.2) is 11.4 Å². The van der Waals surface area contributed by atoms with Crippen molar-refractivity contribution < 1.29 is 4.79 Å². The van der Waals surface area contributed by atoms with Crippen LogP contribution in [0.2, 0.25) is 0 Å². The lowest BCUT2D eigenvalue weighted by Crippen LogP contribution is -2.49. The molecule has 0 bridgehead atoms. The average Bonchev–Trinajstić information content (AvgIpc) is 2.98. The Kier molecular flexibility index (Phi) is 4.60. The van der Waals surface area contributed by atoms with Crippen molar-refractivity contribution in [2.45, 2.75) is 37.8 Å². The summed E-state index contributed by atoms with van der Waals surface area (Å²) in [5, 5.41) is 5.36. The molecule has 0 aliphatic heterocycles. The van der Waals surface area contributed by atoms with Gasteiger partial charge >= 0.3 is 0 Å². The molecule has 3 N–H and O–H groups in total. The molecule has 0 radical (unpaired) electrons. The molecule has 2 rings (SSSR count). The largest absolute Gasteiger partial charge is 0.366 e. The summed E-state index contributed by atoms with van der Waals surface area (Å²) in [4.78, 5) is 14.6. The number of nitrogens with zero attached hydrogens (tertiary/aromatic N) is 1. The second-order valence-corrected chi connectivity index (χ2v) is 6.59. The Bertz CT molecular complexity index is 436. The molecule has 19 heavy (non-hydrogen) atoms. The van der Waals surface area contributed by atoms with Crippen molar-refractivity contribution in [1.29, 1.82) is 0 Å². The fourth-order valence-corrected chi connectivity index (χ4v) is 3.68. The van der Waals surface area contributed by atoms with E-state index in [2.05, 4.69) is 24.3 Å². The van der Waals surface area contributed by atoms with Crippen LogP contribution in [0.4, 0.5) is 0 Å². The summed E-state index contributed by atoms with van der Waals surface area (Å²) in [7, 11) is 4.34. The SMILES string of the molecule is CN(C)C1(CNCc2cc(C(N)=O)cs2)CCCC1. The molecule has 1 aliphatic rings. The predicted molar refractivity (Wildman–Crippen MR) is 79.4 cm³/mol. The van der Waals surface area contributed by atoms with Crippen molar-refractivity contribution in [2.75, 3.05) is 20.6 Å². The van der Waals surface area contributed by atoms with Gasteiger partial charge in [-0.3, -0.25) is 4.79 Å². The monoisotopic (exact) mass is 281 g/mol. The maximum absolute atomic E-state index is 11.0. The Hall–Kier alpha value is -0.910. The van der Waals surface area contributed by atoms with Crippen LogP contribution in [0.1, 0.15) is 40.9 Å². The van der Waals surface area contributed by atoms with Crippen LogP contribution in [0, 0.1) is 0 Å². The molecule has 1 saturated carbocycles. The smallest absolute Gasteiger partial charge is 0.249 e. The summed E-state index contributed by atoms with van der Waals surface area (Å²) >= 11 is 1.59. The van der Waals surface area contributed by atoms with Gasteiger partial charge in [0.15, 0.2) is 0 Å². The Morgan fingerprint density at radius 1 is 1.47 bits per heavy atom. The lowest BCUT2D eigenvalue weighted by Gasteiger charge is -2.36. The number of rotatable bonds is 6. The zero-order chi connectivity index (χ0) is 13.9. The second-order valence-electron chi connectivity index (χ2n) is 5.60. The van der Waals surface area contributed by atoms with Gasteiger partial charge in [-0.25, -0.2) is 0 Å². The fraction of sp³-hybridized carbons (Fsp3) is 0.643. The van der Waals surface area contributed by atoms with Gasteiger partial charge in [0, 0.05) is 28.9 Å². The molecule has 1 aromatic rings. The third kappa shape index (κ3) is 3.35. The molecule has 1 heterocycles.